The topological polar surface area (TPSA) is 75.9 Å². The van der Waals surface area contributed by atoms with E-state index in [1.54, 1.807) is 20.8 Å². The SMILES string of the molecule is CC(C)(C)[S@+]([O-])/N=C\[C@H](O)CO. The molecule has 0 unspecified atom stereocenters. The van der Waals surface area contributed by atoms with Gasteiger partial charge < -0.3 is 14.8 Å². The second kappa shape index (κ2) is 4.81. The summed E-state index contributed by atoms with van der Waals surface area (Å²) in [6, 6.07) is 0. The average Bonchev–Trinajstić information content (AvgIpc) is 1.97. The smallest absolute Gasteiger partial charge is 0.144 e. The van der Waals surface area contributed by atoms with Crippen molar-refractivity contribution in [3.63, 3.8) is 0 Å². The van der Waals surface area contributed by atoms with Crippen molar-refractivity contribution in [3.8, 4) is 0 Å². The predicted molar refractivity (Wildman–Crippen MR) is 49.5 cm³/mol. The molecule has 0 heterocycles. The first-order valence-corrected chi connectivity index (χ1v) is 4.73. The fourth-order valence-corrected chi connectivity index (χ4v) is 0.898. The number of hydrogen-bond donors (Lipinski definition) is 2. The Bertz CT molecular complexity index is 155. The molecule has 0 aliphatic heterocycles. The van der Waals surface area contributed by atoms with Gasteiger partial charge in [-0.2, -0.15) is 0 Å². The highest BCUT2D eigenvalue weighted by Crippen LogP contribution is 2.16. The molecule has 0 amide bonds. The first-order chi connectivity index (χ1) is 5.38. The van der Waals surface area contributed by atoms with E-state index in [4.69, 9.17) is 10.2 Å². The molecule has 4 nitrogen and oxygen atoms in total. The van der Waals surface area contributed by atoms with Crippen LogP contribution in [0.3, 0.4) is 0 Å². The van der Waals surface area contributed by atoms with E-state index in [1.165, 1.54) is 0 Å². The highest BCUT2D eigenvalue weighted by Gasteiger charge is 2.25. The Labute approximate surface area is 75.6 Å². The molecule has 0 aromatic carbocycles. The predicted octanol–water partition coefficient (Wildman–Crippen LogP) is -0.127. The van der Waals surface area contributed by atoms with Crippen molar-refractivity contribution in [1.82, 2.24) is 0 Å². The van der Waals surface area contributed by atoms with Crippen molar-refractivity contribution in [3.05, 3.63) is 0 Å². The van der Waals surface area contributed by atoms with Gasteiger partial charge in [0.15, 0.2) is 0 Å². The van der Waals surface area contributed by atoms with E-state index < -0.39 is 28.8 Å². The second-order valence-corrected chi connectivity index (χ2v) is 5.30. The Morgan fingerprint density at radius 3 is 2.42 bits per heavy atom. The van der Waals surface area contributed by atoms with E-state index in [-0.39, 0.29) is 0 Å². The largest absolute Gasteiger partial charge is 0.591 e. The van der Waals surface area contributed by atoms with Gasteiger partial charge in [-0.15, -0.1) is 0 Å². The van der Waals surface area contributed by atoms with E-state index in [9.17, 15) is 4.55 Å². The van der Waals surface area contributed by atoms with Gasteiger partial charge in [-0.25, -0.2) is 0 Å². The molecule has 0 aromatic rings. The maximum Gasteiger partial charge on any atom is 0.144 e. The van der Waals surface area contributed by atoms with Crippen molar-refractivity contribution >= 4 is 17.6 Å². The minimum atomic E-state index is -1.36. The Morgan fingerprint density at radius 1 is 1.58 bits per heavy atom. The van der Waals surface area contributed by atoms with E-state index in [0.717, 1.165) is 6.21 Å². The molecule has 2 atom stereocenters. The minimum absolute atomic E-state index is 0.398. The molecule has 0 saturated carbocycles. The molecule has 0 aromatic heterocycles. The van der Waals surface area contributed by atoms with Crippen LogP contribution in [-0.2, 0) is 11.4 Å². The summed E-state index contributed by atoms with van der Waals surface area (Å²) in [5.41, 5.74) is 0. The Balaban J connectivity index is 3.99. The van der Waals surface area contributed by atoms with Crippen LogP contribution >= 0.6 is 0 Å². The lowest BCUT2D eigenvalue weighted by atomic mass is 10.3. The fraction of sp³-hybridized carbons (Fsp3) is 0.857. The van der Waals surface area contributed by atoms with Gasteiger partial charge in [0, 0.05) is 0 Å². The van der Waals surface area contributed by atoms with Gasteiger partial charge in [0.2, 0.25) is 0 Å². The Kier molecular flexibility index (Phi) is 4.77. The first-order valence-electron chi connectivity index (χ1n) is 3.63. The van der Waals surface area contributed by atoms with Crippen LogP contribution in [0.25, 0.3) is 0 Å². The van der Waals surface area contributed by atoms with Crippen LogP contribution in [0.1, 0.15) is 20.8 Å². The molecule has 0 radical (unpaired) electrons. The number of nitrogens with zero attached hydrogens (tertiary/aromatic N) is 1. The molecule has 0 aliphatic rings. The number of aliphatic hydroxyl groups excluding tert-OH is 2. The van der Waals surface area contributed by atoms with Crippen molar-refractivity contribution in [2.24, 2.45) is 4.40 Å². The number of rotatable bonds is 3. The maximum atomic E-state index is 11.2. The lowest BCUT2D eigenvalue weighted by molar-refractivity contribution is 0.148. The molecular formula is C7H15NO3S. The summed E-state index contributed by atoms with van der Waals surface area (Å²) in [5.74, 6) is 0. The lowest BCUT2D eigenvalue weighted by Crippen LogP contribution is -2.27. The van der Waals surface area contributed by atoms with E-state index >= 15 is 0 Å². The summed E-state index contributed by atoms with van der Waals surface area (Å²) in [7, 11) is 0. The van der Waals surface area contributed by atoms with Gasteiger partial charge in [-0.1, -0.05) is 4.40 Å². The van der Waals surface area contributed by atoms with Crippen LogP contribution in [-0.4, -0.2) is 38.4 Å². The fourth-order valence-electron chi connectivity index (χ4n) is 0.331. The van der Waals surface area contributed by atoms with Gasteiger partial charge in [0.1, 0.15) is 22.2 Å². The molecular weight excluding hydrogens is 178 g/mol. The summed E-state index contributed by atoms with van der Waals surface area (Å²) in [5, 5.41) is 17.2. The maximum absolute atomic E-state index is 11.2. The van der Waals surface area contributed by atoms with Crippen molar-refractivity contribution in [2.45, 2.75) is 31.6 Å². The van der Waals surface area contributed by atoms with Gasteiger partial charge >= 0.3 is 0 Å². The molecule has 0 saturated heterocycles. The van der Waals surface area contributed by atoms with Crippen molar-refractivity contribution in [1.29, 1.82) is 0 Å². The van der Waals surface area contributed by atoms with E-state index in [0.29, 0.717) is 0 Å². The third-order valence-corrected chi connectivity index (χ3v) is 2.40. The highest BCUT2D eigenvalue weighted by molar-refractivity contribution is 7.91. The van der Waals surface area contributed by atoms with Crippen molar-refractivity contribution < 1.29 is 14.8 Å². The van der Waals surface area contributed by atoms with Gasteiger partial charge in [0.25, 0.3) is 0 Å². The Hall–Kier alpha value is -0.100. The van der Waals surface area contributed by atoms with Gasteiger partial charge in [-0.3, -0.25) is 0 Å². The zero-order valence-electron chi connectivity index (χ0n) is 7.52. The standard InChI is InChI=1S/C7H15NO3S/c1-7(2,3)12(11)8-4-6(10)5-9/h4,6,9-10H,5H2,1-3H3/b8-4-/t6-,12-/m0/s1. The van der Waals surface area contributed by atoms with Crippen LogP contribution in [0.2, 0.25) is 0 Å². The van der Waals surface area contributed by atoms with Crippen LogP contribution in [0.5, 0.6) is 0 Å². The normalized spacial score (nSPS) is 18.2. The zero-order valence-corrected chi connectivity index (χ0v) is 8.34. The number of hydrogen-bond acceptors (Lipinski definition) is 4. The summed E-state index contributed by atoms with van der Waals surface area (Å²) in [4.78, 5) is 0. The molecule has 12 heavy (non-hydrogen) atoms. The third kappa shape index (κ3) is 4.71. The van der Waals surface area contributed by atoms with Crippen LogP contribution in [0.15, 0.2) is 4.40 Å². The highest BCUT2D eigenvalue weighted by atomic mass is 32.2. The van der Waals surface area contributed by atoms with Crippen LogP contribution in [0, 0.1) is 0 Å². The summed E-state index contributed by atoms with van der Waals surface area (Å²) < 4.78 is 14.4. The summed E-state index contributed by atoms with van der Waals surface area (Å²) >= 11 is -1.36. The molecule has 2 N–H and O–H groups in total. The minimum Gasteiger partial charge on any atom is -0.591 e. The van der Waals surface area contributed by atoms with Gasteiger partial charge in [0.05, 0.1) is 12.8 Å². The molecule has 5 heteroatoms. The average molecular weight is 193 g/mol. The van der Waals surface area contributed by atoms with Crippen LogP contribution < -0.4 is 0 Å². The molecule has 0 spiro atoms. The molecule has 0 rings (SSSR count). The molecule has 0 bridgehead atoms. The molecule has 0 aliphatic carbocycles. The van der Waals surface area contributed by atoms with Crippen molar-refractivity contribution in [2.75, 3.05) is 6.61 Å². The van der Waals surface area contributed by atoms with Crippen LogP contribution in [0.4, 0.5) is 0 Å². The van der Waals surface area contributed by atoms with Gasteiger partial charge in [-0.05, 0) is 20.8 Å². The monoisotopic (exact) mass is 193 g/mol. The third-order valence-electron chi connectivity index (χ3n) is 1.04. The Morgan fingerprint density at radius 2 is 2.08 bits per heavy atom. The number of aliphatic hydroxyl groups is 2. The second-order valence-electron chi connectivity index (χ2n) is 3.37. The molecule has 72 valence electrons. The first kappa shape index (κ1) is 11.9. The summed E-state index contributed by atoms with van der Waals surface area (Å²) in [6.07, 6.45) is 0.0813. The lowest BCUT2D eigenvalue weighted by Gasteiger charge is -2.17. The summed E-state index contributed by atoms with van der Waals surface area (Å²) in [6.45, 7) is 4.95. The molecule has 0 fully saturated rings. The quantitative estimate of drug-likeness (QED) is 0.484. The van der Waals surface area contributed by atoms with E-state index in [1.807, 2.05) is 0 Å². The zero-order chi connectivity index (χ0) is 9.78. The van der Waals surface area contributed by atoms with E-state index in [2.05, 4.69) is 4.40 Å².